The second kappa shape index (κ2) is 10.3. The van der Waals surface area contributed by atoms with Gasteiger partial charge < -0.3 is 15.1 Å². The number of nitrogens with zero attached hydrogens (tertiary/aromatic N) is 6. The molecule has 1 N–H and O–H groups in total. The third kappa shape index (κ3) is 5.58. The van der Waals surface area contributed by atoms with Crippen LogP contribution < -0.4 is 10.2 Å². The topological polar surface area (TPSA) is 69.5 Å². The highest BCUT2D eigenvalue weighted by Gasteiger charge is 2.21. The Morgan fingerprint density at radius 1 is 1.10 bits per heavy atom. The van der Waals surface area contributed by atoms with Crippen LogP contribution in [0.5, 0.6) is 0 Å². The Bertz CT molecular complexity index is 977. The number of aryl methyl sites for hydroxylation is 1. The van der Waals surface area contributed by atoms with Gasteiger partial charge in [-0.2, -0.15) is 0 Å². The molecule has 0 radical (unpaired) electrons. The SMILES string of the molecule is CCNC(=NCCc1csc(-c2ccc(C)cc2)n1)N1CCN(c2ncccn2)CC1. The number of aromatic nitrogens is 3. The molecule has 1 aromatic carbocycles. The lowest BCUT2D eigenvalue weighted by atomic mass is 10.2. The molecule has 0 saturated carbocycles. The third-order valence-electron chi connectivity index (χ3n) is 5.23. The van der Waals surface area contributed by atoms with E-state index >= 15 is 0 Å². The first-order valence-electron chi connectivity index (χ1n) is 10.8. The molecule has 0 aliphatic carbocycles. The summed E-state index contributed by atoms with van der Waals surface area (Å²) in [6, 6.07) is 10.4. The molecule has 0 amide bonds. The molecule has 0 spiro atoms. The number of rotatable bonds is 6. The first-order valence-corrected chi connectivity index (χ1v) is 11.7. The van der Waals surface area contributed by atoms with Crippen molar-refractivity contribution in [1.29, 1.82) is 0 Å². The summed E-state index contributed by atoms with van der Waals surface area (Å²) in [5.74, 6) is 1.78. The third-order valence-corrected chi connectivity index (χ3v) is 6.17. The zero-order valence-electron chi connectivity index (χ0n) is 18.2. The van der Waals surface area contributed by atoms with Gasteiger partial charge in [0.15, 0.2) is 5.96 Å². The number of nitrogens with one attached hydrogen (secondary N) is 1. The van der Waals surface area contributed by atoms with E-state index in [1.54, 1.807) is 23.7 Å². The molecule has 3 aromatic rings. The molecule has 4 rings (SSSR count). The second-order valence-electron chi connectivity index (χ2n) is 7.52. The summed E-state index contributed by atoms with van der Waals surface area (Å²) < 4.78 is 0. The van der Waals surface area contributed by atoms with Crippen LogP contribution in [0.15, 0.2) is 53.1 Å². The molecular weight excluding hydrogens is 406 g/mol. The fourth-order valence-electron chi connectivity index (χ4n) is 3.53. The number of hydrogen-bond donors (Lipinski definition) is 1. The minimum absolute atomic E-state index is 0.724. The first kappa shape index (κ1) is 21.2. The summed E-state index contributed by atoms with van der Waals surface area (Å²) >= 11 is 1.70. The quantitative estimate of drug-likeness (QED) is 0.474. The van der Waals surface area contributed by atoms with Gasteiger partial charge in [-0.1, -0.05) is 29.8 Å². The molecule has 0 unspecified atom stereocenters. The lowest BCUT2D eigenvalue weighted by Crippen LogP contribution is -2.53. The van der Waals surface area contributed by atoms with E-state index in [1.807, 2.05) is 6.07 Å². The maximum atomic E-state index is 4.87. The number of thiazole rings is 1. The van der Waals surface area contributed by atoms with Crippen LogP contribution in [-0.2, 0) is 6.42 Å². The van der Waals surface area contributed by atoms with Gasteiger partial charge in [-0.25, -0.2) is 15.0 Å². The maximum absolute atomic E-state index is 4.87. The van der Waals surface area contributed by atoms with Gasteiger partial charge >= 0.3 is 0 Å². The van der Waals surface area contributed by atoms with E-state index in [0.29, 0.717) is 0 Å². The van der Waals surface area contributed by atoms with E-state index in [1.165, 1.54) is 11.1 Å². The van der Waals surface area contributed by atoms with E-state index in [4.69, 9.17) is 9.98 Å². The molecule has 0 bridgehead atoms. The molecule has 2 aromatic heterocycles. The predicted octanol–water partition coefficient (Wildman–Crippen LogP) is 3.24. The highest BCUT2D eigenvalue weighted by Crippen LogP contribution is 2.24. The average Bonchev–Trinajstić information content (AvgIpc) is 3.29. The molecule has 1 saturated heterocycles. The Kier molecular flexibility index (Phi) is 7.09. The number of piperazine rings is 1. The zero-order valence-corrected chi connectivity index (χ0v) is 19.0. The molecule has 7 nitrogen and oxygen atoms in total. The lowest BCUT2D eigenvalue weighted by Gasteiger charge is -2.36. The second-order valence-corrected chi connectivity index (χ2v) is 8.38. The summed E-state index contributed by atoms with van der Waals surface area (Å²) in [7, 11) is 0. The monoisotopic (exact) mass is 435 g/mol. The standard InChI is InChI=1S/C23H29N7S/c1-3-24-22(29-13-15-30(16-14-29)23-25-10-4-11-26-23)27-12-9-20-17-31-21(28-20)19-7-5-18(2)6-8-19/h4-8,10-11,17H,3,9,12-16H2,1-2H3,(H,24,27). The molecular formula is C23H29N7S. The normalized spacial score (nSPS) is 14.7. The number of anilines is 1. The maximum Gasteiger partial charge on any atom is 0.225 e. The van der Waals surface area contributed by atoms with E-state index in [9.17, 15) is 0 Å². The van der Waals surface area contributed by atoms with E-state index < -0.39 is 0 Å². The van der Waals surface area contributed by atoms with Crippen molar-refractivity contribution in [2.75, 3.05) is 44.2 Å². The van der Waals surface area contributed by atoms with Crippen molar-refractivity contribution in [3.8, 4) is 10.6 Å². The fraction of sp³-hybridized carbons (Fsp3) is 0.391. The zero-order chi connectivity index (χ0) is 21.5. The van der Waals surface area contributed by atoms with Crippen molar-refractivity contribution in [2.45, 2.75) is 20.3 Å². The Morgan fingerprint density at radius 2 is 1.84 bits per heavy atom. The molecule has 162 valence electrons. The van der Waals surface area contributed by atoms with Gasteiger partial charge in [0.2, 0.25) is 5.95 Å². The summed E-state index contributed by atoms with van der Waals surface area (Å²) in [4.78, 5) is 22.9. The Labute approximate surface area is 187 Å². The summed E-state index contributed by atoms with van der Waals surface area (Å²) in [5, 5.41) is 6.66. The van der Waals surface area contributed by atoms with Gasteiger partial charge in [0.25, 0.3) is 0 Å². The largest absolute Gasteiger partial charge is 0.357 e. The Hall–Kier alpha value is -3.00. The molecule has 1 aliphatic heterocycles. The summed E-state index contributed by atoms with van der Waals surface area (Å²) in [6.45, 7) is 9.37. The van der Waals surface area contributed by atoms with Gasteiger partial charge in [-0.05, 0) is 19.9 Å². The van der Waals surface area contributed by atoms with Crippen molar-refractivity contribution < 1.29 is 0 Å². The predicted molar refractivity (Wildman–Crippen MR) is 128 cm³/mol. The van der Waals surface area contributed by atoms with Gasteiger partial charge in [-0.15, -0.1) is 11.3 Å². The van der Waals surface area contributed by atoms with E-state index in [2.05, 4.69) is 68.6 Å². The molecule has 3 heterocycles. The average molecular weight is 436 g/mol. The molecule has 31 heavy (non-hydrogen) atoms. The first-order chi connectivity index (χ1) is 15.2. The smallest absolute Gasteiger partial charge is 0.225 e. The summed E-state index contributed by atoms with van der Waals surface area (Å²) in [6.07, 6.45) is 4.43. The Balaban J connectivity index is 1.33. The van der Waals surface area contributed by atoms with Crippen molar-refractivity contribution in [3.63, 3.8) is 0 Å². The Morgan fingerprint density at radius 3 is 2.55 bits per heavy atom. The van der Waals surface area contributed by atoms with Crippen LogP contribution in [0.4, 0.5) is 5.95 Å². The van der Waals surface area contributed by atoms with Crippen molar-refractivity contribution in [2.24, 2.45) is 4.99 Å². The van der Waals surface area contributed by atoms with E-state index in [-0.39, 0.29) is 0 Å². The molecule has 1 fully saturated rings. The highest BCUT2D eigenvalue weighted by molar-refractivity contribution is 7.13. The molecule has 1 aliphatic rings. The van der Waals surface area contributed by atoms with E-state index in [0.717, 1.165) is 68.3 Å². The number of benzene rings is 1. The fourth-order valence-corrected chi connectivity index (χ4v) is 4.39. The van der Waals surface area contributed by atoms with Crippen LogP contribution in [0, 0.1) is 6.92 Å². The van der Waals surface area contributed by atoms with Crippen LogP contribution in [0.1, 0.15) is 18.2 Å². The minimum atomic E-state index is 0.724. The highest BCUT2D eigenvalue weighted by atomic mass is 32.1. The van der Waals surface area contributed by atoms with Crippen LogP contribution >= 0.6 is 11.3 Å². The van der Waals surface area contributed by atoms with Crippen molar-refractivity contribution >= 4 is 23.2 Å². The van der Waals surface area contributed by atoms with Gasteiger partial charge in [0, 0.05) is 69.0 Å². The van der Waals surface area contributed by atoms with Crippen LogP contribution in [-0.4, -0.2) is 65.1 Å². The number of aliphatic imine (C=N–C) groups is 1. The van der Waals surface area contributed by atoms with Crippen LogP contribution in [0.3, 0.4) is 0 Å². The molecule has 8 heteroatoms. The minimum Gasteiger partial charge on any atom is -0.357 e. The lowest BCUT2D eigenvalue weighted by molar-refractivity contribution is 0.370. The number of guanidine groups is 1. The van der Waals surface area contributed by atoms with Gasteiger partial charge in [0.1, 0.15) is 5.01 Å². The van der Waals surface area contributed by atoms with Gasteiger partial charge in [0.05, 0.1) is 5.69 Å². The van der Waals surface area contributed by atoms with Crippen LogP contribution in [0.25, 0.3) is 10.6 Å². The van der Waals surface area contributed by atoms with Crippen LogP contribution in [0.2, 0.25) is 0 Å². The number of hydrogen-bond acceptors (Lipinski definition) is 6. The van der Waals surface area contributed by atoms with Crippen molar-refractivity contribution in [1.82, 2.24) is 25.2 Å². The molecule has 0 atom stereocenters. The summed E-state index contributed by atoms with van der Waals surface area (Å²) in [5.41, 5.74) is 3.55. The van der Waals surface area contributed by atoms with Crippen molar-refractivity contribution in [3.05, 3.63) is 59.4 Å². The van der Waals surface area contributed by atoms with Gasteiger partial charge in [-0.3, -0.25) is 4.99 Å².